The summed E-state index contributed by atoms with van der Waals surface area (Å²) < 4.78 is 0. The molecule has 25 heavy (non-hydrogen) atoms. The van der Waals surface area contributed by atoms with Crippen molar-refractivity contribution in [1.29, 1.82) is 0 Å². The monoisotopic (exact) mass is 338 g/mol. The maximum atomic E-state index is 11.9. The highest BCUT2D eigenvalue weighted by Crippen LogP contribution is 2.26. The Morgan fingerprint density at radius 2 is 1.72 bits per heavy atom. The van der Waals surface area contributed by atoms with Crippen LogP contribution in [0.1, 0.15) is 18.1 Å². The lowest BCUT2D eigenvalue weighted by atomic mass is 10.1. The first-order valence-electron chi connectivity index (χ1n) is 7.93. The number of benzene rings is 2. The Hall–Kier alpha value is -3.28. The van der Waals surface area contributed by atoms with Crippen LogP contribution < -0.4 is 21.5 Å². The average molecular weight is 338 g/mol. The van der Waals surface area contributed by atoms with Crippen molar-refractivity contribution in [1.82, 2.24) is 0 Å². The third-order valence-corrected chi connectivity index (χ3v) is 4.02. The molecule has 4 N–H and O–H groups in total. The van der Waals surface area contributed by atoms with Crippen LogP contribution in [-0.4, -0.2) is 10.2 Å². The molecule has 6 nitrogen and oxygen atoms in total. The number of hydrogen-bond acceptors (Lipinski definition) is 6. The molecule has 0 saturated heterocycles. The van der Waals surface area contributed by atoms with Crippen LogP contribution >= 0.6 is 0 Å². The molecule has 6 heteroatoms. The molecule has 0 unspecified atom stereocenters. The summed E-state index contributed by atoms with van der Waals surface area (Å²) >= 11 is 0. The predicted octanol–water partition coefficient (Wildman–Crippen LogP) is 2.61. The number of phenols is 2. The van der Waals surface area contributed by atoms with Crippen LogP contribution in [0.5, 0.6) is 11.5 Å². The van der Waals surface area contributed by atoms with Crippen molar-refractivity contribution in [2.45, 2.75) is 19.9 Å². The van der Waals surface area contributed by atoms with E-state index in [-0.39, 0.29) is 22.9 Å². The fourth-order valence-electron chi connectivity index (χ4n) is 2.63. The lowest BCUT2D eigenvalue weighted by Crippen LogP contribution is -2.36. The zero-order valence-corrected chi connectivity index (χ0v) is 13.7. The van der Waals surface area contributed by atoms with Crippen LogP contribution in [0.15, 0.2) is 52.1 Å². The highest BCUT2D eigenvalue weighted by Gasteiger charge is 2.21. The van der Waals surface area contributed by atoms with Gasteiger partial charge in [0.05, 0.1) is 0 Å². The highest BCUT2D eigenvalue weighted by atomic mass is 16.3. The first-order valence-corrected chi connectivity index (χ1v) is 7.93. The van der Waals surface area contributed by atoms with Crippen molar-refractivity contribution in [3.8, 4) is 11.5 Å². The minimum absolute atomic E-state index is 0.138. The molecule has 0 aromatic heterocycles. The number of phenolic OH excluding ortho intramolecular Hbond substituents is 2. The average Bonchev–Trinajstić information content (AvgIpc) is 2.61. The van der Waals surface area contributed by atoms with Gasteiger partial charge in [-0.1, -0.05) is 19.1 Å². The van der Waals surface area contributed by atoms with Gasteiger partial charge >= 0.3 is 0 Å². The molecular formula is C19H18N2O4. The summed E-state index contributed by atoms with van der Waals surface area (Å²) in [6, 6.07) is 11.6. The zero-order chi connectivity index (χ0) is 18.0. The van der Waals surface area contributed by atoms with Gasteiger partial charge < -0.3 is 20.8 Å². The summed E-state index contributed by atoms with van der Waals surface area (Å²) in [5, 5.41) is 25.1. The largest absolute Gasteiger partial charge is 0.508 e. The Morgan fingerprint density at radius 1 is 0.960 bits per heavy atom. The summed E-state index contributed by atoms with van der Waals surface area (Å²) in [6.07, 6.45) is 0.649. The third-order valence-electron chi connectivity index (χ3n) is 4.02. The Bertz CT molecular complexity index is 988. The quantitative estimate of drug-likeness (QED) is 0.407. The van der Waals surface area contributed by atoms with Crippen molar-refractivity contribution in [3.05, 3.63) is 74.0 Å². The first-order chi connectivity index (χ1) is 12.0. The molecule has 0 aliphatic carbocycles. The lowest BCUT2D eigenvalue weighted by molar-refractivity contribution is 0.469. The van der Waals surface area contributed by atoms with E-state index in [2.05, 4.69) is 10.6 Å². The Balaban J connectivity index is 1.78. The second-order valence-corrected chi connectivity index (χ2v) is 5.75. The molecule has 0 aliphatic heterocycles. The number of rotatable bonds is 6. The van der Waals surface area contributed by atoms with Crippen molar-refractivity contribution in [3.63, 3.8) is 0 Å². The molecule has 128 valence electrons. The maximum Gasteiger partial charge on any atom is 0.253 e. The van der Waals surface area contributed by atoms with Crippen LogP contribution in [0.25, 0.3) is 0 Å². The summed E-state index contributed by atoms with van der Waals surface area (Å²) in [5.74, 6) is 0.333. The Labute approximate surface area is 144 Å². The second kappa shape index (κ2) is 6.68. The van der Waals surface area contributed by atoms with E-state index >= 15 is 0 Å². The molecule has 0 aliphatic rings. The minimum atomic E-state index is -0.579. The van der Waals surface area contributed by atoms with Gasteiger partial charge in [0.2, 0.25) is 0 Å². The summed E-state index contributed by atoms with van der Waals surface area (Å²) in [6.45, 7) is 2.22. The van der Waals surface area contributed by atoms with E-state index in [1.165, 1.54) is 0 Å². The molecular weight excluding hydrogens is 320 g/mol. The van der Waals surface area contributed by atoms with Gasteiger partial charge in [-0.3, -0.25) is 9.59 Å². The standard InChI is InChI=1S/C19H18N2O4/c1-2-12-9-13(6-7-15(12)23)21-17-16(18(24)19(17)25)20-10-11-4-3-5-14(22)8-11/h3-9,20-23H,2,10H2,1H3. The molecule has 3 aromatic carbocycles. The van der Waals surface area contributed by atoms with E-state index in [9.17, 15) is 19.8 Å². The molecule has 0 heterocycles. The van der Waals surface area contributed by atoms with E-state index in [0.29, 0.717) is 18.7 Å². The number of hydrogen-bond donors (Lipinski definition) is 4. The van der Waals surface area contributed by atoms with Crippen molar-refractivity contribution in [2.24, 2.45) is 0 Å². The molecule has 0 bridgehead atoms. The van der Waals surface area contributed by atoms with Gasteiger partial charge in [0.25, 0.3) is 10.9 Å². The zero-order valence-electron chi connectivity index (χ0n) is 13.7. The van der Waals surface area contributed by atoms with Crippen LogP contribution in [0.3, 0.4) is 0 Å². The predicted molar refractivity (Wildman–Crippen MR) is 97.6 cm³/mol. The molecule has 0 saturated carbocycles. The van der Waals surface area contributed by atoms with Gasteiger partial charge in [-0.05, 0) is 47.9 Å². The number of anilines is 3. The normalized spacial score (nSPS) is 10.8. The molecule has 0 amide bonds. The van der Waals surface area contributed by atoms with Crippen LogP contribution in [0, 0.1) is 0 Å². The van der Waals surface area contributed by atoms with Crippen molar-refractivity contribution in [2.75, 3.05) is 10.6 Å². The van der Waals surface area contributed by atoms with E-state index in [0.717, 1.165) is 11.1 Å². The minimum Gasteiger partial charge on any atom is -0.508 e. The van der Waals surface area contributed by atoms with Gasteiger partial charge in [0, 0.05) is 12.2 Å². The van der Waals surface area contributed by atoms with Crippen molar-refractivity contribution >= 4 is 17.1 Å². The van der Waals surface area contributed by atoms with Gasteiger partial charge in [0.15, 0.2) is 0 Å². The smallest absolute Gasteiger partial charge is 0.253 e. The maximum absolute atomic E-state index is 11.9. The SMILES string of the molecule is CCc1cc(Nc2c(NCc3cccc(O)c3)c(=O)c2=O)ccc1O. The fraction of sp³-hybridized carbons (Fsp3) is 0.158. The number of nitrogens with one attached hydrogen (secondary N) is 2. The summed E-state index contributed by atoms with van der Waals surface area (Å²) in [5.41, 5.74) is 1.44. The fourth-order valence-corrected chi connectivity index (χ4v) is 2.63. The van der Waals surface area contributed by atoms with Crippen LogP contribution in [-0.2, 0) is 13.0 Å². The molecule has 3 rings (SSSR count). The van der Waals surface area contributed by atoms with Gasteiger partial charge in [0.1, 0.15) is 22.9 Å². The van der Waals surface area contributed by atoms with E-state index in [1.54, 1.807) is 42.5 Å². The van der Waals surface area contributed by atoms with Crippen LogP contribution in [0.2, 0.25) is 0 Å². The van der Waals surface area contributed by atoms with Crippen LogP contribution in [0.4, 0.5) is 17.1 Å². The van der Waals surface area contributed by atoms with E-state index in [1.807, 2.05) is 6.92 Å². The first kappa shape index (κ1) is 16.6. The van der Waals surface area contributed by atoms with E-state index in [4.69, 9.17) is 0 Å². The van der Waals surface area contributed by atoms with Gasteiger partial charge in [-0.2, -0.15) is 0 Å². The van der Waals surface area contributed by atoms with Gasteiger partial charge in [-0.25, -0.2) is 0 Å². The molecule has 3 aromatic rings. The summed E-state index contributed by atoms with van der Waals surface area (Å²) in [4.78, 5) is 23.7. The number of aryl methyl sites for hydroxylation is 1. The third kappa shape index (κ3) is 3.33. The Morgan fingerprint density at radius 3 is 2.44 bits per heavy atom. The second-order valence-electron chi connectivity index (χ2n) is 5.75. The lowest BCUT2D eigenvalue weighted by Gasteiger charge is -2.16. The number of aromatic hydroxyl groups is 2. The summed E-state index contributed by atoms with van der Waals surface area (Å²) in [7, 11) is 0. The molecule has 0 atom stereocenters. The molecule has 0 fully saturated rings. The van der Waals surface area contributed by atoms with Gasteiger partial charge in [-0.15, -0.1) is 0 Å². The Kier molecular flexibility index (Phi) is 4.43. The highest BCUT2D eigenvalue weighted by molar-refractivity contribution is 5.79. The topological polar surface area (TPSA) is 98.7 Å². The van der Waals surface area contributed by atoms with E-state index < -0.39 is 10.9 Å². The molecule has 0 radical (unpaired) electrons. The molecule has 0 spiro atoms. The van der Waals surface area contributed by atoms with Crippen molar-refractivity contribution < 1.29 is 10.2 Å².